The van der Waals surface area contributed by atoms with E-state index in [1.54, 1.807) is 36.4 Å². The Morgan fingerprint density at radius 2 is 1.74 bits per heavy atom. The molecule has 0 aliphatic carbocycles. The Labute approximate surface area is 219 Å². The molecule has 0 aliphatic heterocycles. The number of carbonyl (C=O) groups is 1. The minimum absolute atomic E-state index is 0.0245. The van der Waals surface area contributed by atoms with Gasteiger partial charge in [-0.3, -0.25) is 4.79 Å². The van der Waals surface area contributed by atoms with E-state index in [-0.39, 0.29) is 23.7 Å². The topological polar surface area (TPSA) is 62.1 Å². The Hall–Kier alpha value is -2.66. The molecular weight excluding hydrogens is 678 g/mol. The maximum Gasteiger partial charge on any atom is 0.416 e. The molecule has 0 fully saturated rings. The highest BCUT2D eigenvalue weighted by Crippen LogP contribution is 2.32. The average molecular weight is 692 g/mol. The molecule has 0 atom stereocenters. The second kappa shape index (κ2) is 11.2. The first kappa shape index (κ1) is 26.0. The molecule has 1 N–H and O–H groups in total. The minimum Gasteiger partial charge on any atom is -0.487 e. The molecule has 0 spiro atoms. The molecule has 174 valence electrons. The molecule has 0 saturated heterocycles. The van der Waals surface area contributed by atoms with Crippen LogP contribution in [-0.2, 0) is 17.6 Å². The lowest BCUT2D eigenvalue weighted by Gasteiger charge is -2.12. The quantitative estimate of drug-likeness (QED) is 0.129. The molecule has 4 nitrogen and oxygen atoms in total. The van der Waals surface area contributed by atoms with Gasteiger partial charge in [-0.05, 0) is 93.2 Å². The van der Waals surface area contributed by atoms with E-state index in [1.807, 2.05) is 45.2 Å². The molecular formula is C24H14F4I2N2O2. The molecule has 0 aromatic heterocycles. The van der Waals surface area contributed by atoms with Crippen LogP contribution in [-0.4, -0.2) is 5.91 Å². The predicted octanol–water partition coefficient (Wildman–Crippen LogP) is 7.18. The average Bonchev–Trinajstić information content (AvgIpc) is 2.77. The summed E-state index contributed by atoms with van der Waals surface area (Å²) >= 11 is 4.05. The predicted molar refractivity (Wildman–Crippen MR) is 136 cm³/mol. The molecule has 3 aromatic carbocycles. The van der Waals surface area contributed by atoms with Crippen LogP contribution in [0.2, 0.25) is 0 Å². The van der Waals surface area contributed by atoms with Crippen LogP contribution in [0.5, 0.6) is 5.75 Å². The van der Waals surface area contributed by atoms with Crippen molar-refractivity contribution < 1.29 is 27.1 Å². The molecule has 0 saturated carbocycles. The van der Waals surface area contributed by atoms with Gasteiger partial charge in [-0.1, -0.05) is 24.3 Å². The van der Waals surface area contributed by atoms with Gasteiger partial charge in [0.25, 0.3) is 5.91 Å². The molecule has 1 amide bonds. The summed E-state index contributed by atoms with van der Waals surface area (Å²) in [6, 6.07) is 15.5. The first-order valence-electron chi connectivity index (χ1n) is 9.54. The van der Waals surface area contributed by atoms with Crippen molar-refractivity contribution in [1.82, 2.24) is 0 Å². The number of nitrogens with one attached hydrogen (secondary N) is 1. The van der Waals surface area contributed by atoms with Gasteiger partial charge in [0.15, 0.2) is 0 Å². The van der Waals surface area contributed by atoms with Crippen LogP contribution >= 0.6 is 45.2 Å². The van der Waals surface area contributed by atoms with E-state index in [0.717, 1.165) is 12.1 Å². The van der Waals surface area contributed by atoms with Crippen molar-refractivity contribution in [3.63, 3.8) is 0 Å². The summed E-state index contributed by atoms with van der Waals surface area (Å²) in [7, 11) is 0. The van der Waals surface area contributed by atoms with E-state index >= 15 is 0 Å². The third-order valence-corrected chi connectivity index (χ3v) is 6.08. The minimum atomic E-state index is -4.56. The SMILES string of the molecule is N#C/C(=C/c1cc(I)c(OCc2ccccc2F)c(I)c1)C(=O)Nc1cccc(C(F)(F)F)c1. The second-order valence-electron chi connectivity index (χ2n) is 6.90. The van der Waals surface area contributed by atoms with Crippen molar-refractivity contribution in [3.8, 4) is 11.8 Å². The van der Waals surface area contributed by atoms with Crippen LogP contribution in [0.25, 0.3) is 6.08 Å². The smallest absolute Gasteiger partial charge is 0.416 e. The Morgan fingerprint density at radius 1 is 1.06 bits per heavy atom. The van der Waals surface area contributed by atoms with E-state index in [4.69, 9.17) is 4.74 Å². The van der Waals surface area contributed by atoms with Crippen LogP contribution in [0.15, 0.2) is 66.2 Å². The summed E-state index contributed by atoms with van der Waals surface area (Å²) in [5.41, 5.74) is -0.368. The van der Waals surface area contributed by atoms with E-state index in [0.29, 0.717) is 24.0 Å². The lowest BCUT2D eigenvalue weighted by Crippen LogP contribution is -2.14. The summed E-state index contributed by atoms with van der Waals surface area (Å²) in [5, 5.41) is 11.7. The molecule has 0 aliphatic rings. The number of hydrogen-bond acceptors (Lipinski definition) is 3. The number of nitriles is 1. The Kier molecular flexibility index (Phi) is 8.53. The lowest BCUT2D eigenvalue weighted by atomic mass is 10.1. The fraction of sp³-hybridized carbons (Fsp3) is 0.0833. The zero-order chi connectivity index (χ0) is 24.9. The highest BCUT2D eigenvalue weighted by atomic mass is 127. The number of carbonyl (C=O) groups excluding carboxylic acids is 1. The molecule has 0 heterocycles. The van der Waals surface area contributed by atoms with Gasteiger partial charge in [0.1, 0.15) is 29.8 Å². The van der Waals surface area contributed by atoms with E-state index in [2.05, 4.69) is 5.32 Å². The van der Waals surface area contributed by atoms with Crippen molar-refractivity contribution in [3.05, 3.63) is 95.9 Å². The zero-order valence-electron chi connectivity index (χ0n) is 17.1. The van der Waals surface area contributed by atoms with E-state index < -0.39 is 17.6 Å². The molecule has 3 rings (SSSR count). The number of ether oxygens (including phenoxy) is 1. The molecule has 34 heavy (non-hydrogen) atoms. The summed E-state index contributed by atoms with van der Waals surface area (Å²) in [5.74, 6) is -0.697. The van der Waals surface area contributed by atoms with Crippen molar-refractivity contribution in [2.45, 2.75) is 12.8 Å². The number of rotatable bonds is 6. The van der Waals surface area contributed by atoms with Crippen molar-refractivity contribution in [1.29, 1.82) is 5.26 Å². The summed E-state index contributed by atoms with van der Waals surface area (Å²) in [4.78, 5) is 12.5. The normalized spacial score (nSPS) is 11.6. The Bertz CT molecular complexity index is 1280. The summed E-state index contributed by atoms with van der Waals surface area (Å²) < 4.78 is 59.6. The third kappa shape index (κ3) is 6.69. The van der Waals surface area contributed by atoms with Crippen LogP contribution < -0.4 is 10.1 Å². The monoisotopic (exact) mass is 692 g/mol. The van der Waals surface area contributed by atoms with Gasteiger partial charge in [-0.25, -0.2) is 4.39 Å². The van der Waals surface area contributed by atoms with Crippen LogP contribution in [0.3, 0.4) is 0 Å². The number of anilines is 1. The fourth-order valence-electron chi connectivity index (χ4n) is 2.85. The van der Waals surface area contributed by atoms with Gasteiger partial charge in [-0.2, -0.15) is 18.4 Å². The third-order valence-electron chi connectivity index (χ3n) is 4.47. The fourth-order valence-corrected chi connectivity index (χ4v) is 4.98. The van der Waals surface area contributed by atoms with E-state index in [9.17, 15) is 27.6 Å². The first-order chi connectivity index (χ1) is 16.1. The Balaban J connectivity index is 1.79. The summed E-state index contributed by atoms with van der Waals surface area (Å²) in [6.07, 6.45) is -3.23. The largest absolute Gasteiger partial charge is 0.487 e. The number of amides is 1. The number of nitrogens with zero attached hydrogens (tertiary/aromatic N) is 1. The number of benzene rings is 3. The molecule has 0 bridgehead atoms. The van der Waals surface area contributed by atoms with Gasteiger partial charge >= 0.3 is 6.18 Å². The van der Waals surface area contributed by atoms with Gasteiger partial charge in [0.2, 0.25) is 0 Å². The maximum absolute atomic E-state index is 13.8. The highest BCUT2D eigenvalue weighted by molar-refractivity contribution is 14.1. The van der Waals surface area contributed by atoms with Gasteiger partial charge in [0.05, 0.1) is 12.7 Å². The van der Waals surface area contributed by atoms with E-state index in [1.165, 1.54) is 24.3 Å². The molecule has 10 heteroatoms. The van der Waals surface area contributed by atoms with Crippen LogP contribution in [0.1, 0.15) is 16.7 Å². The number of halogens is 6. The maximum atomic E-state index is 13.8. The van der Waals surface area contributed by atoms with Gasteiger partial charge in [0, 0.05) is 11.3 Å². The lowest BCUT2D eigenvalue weighted by molar-refractivity contribution is -0.137. The van der Waals surface area contributed by atoms with Gasteiger partial charge in [-0.15, -0.1) is 0 Å². The standard InChI is InChI=1S/C24H14F4I2N2O2/c25-19-7-2-1-4-15(19)13-34-22-20(29)9-14(10-21(22)30)8-16(12-31)23(33)32-18-6-3-5-17(11-18)24(26,27)28/h1-11H,13H2,(H,32,33)/b16-8-. The summed E-state index contributed by atoms with van der Waals surface area (Å²) in [6.45, 7) is 0.0245. The van der Waals surface area contributed by atoms with Gasteiger partial charge < -0.3 is 10.1 Å². The first-order valence-corrected chi connectivity index (χ1v) is 11.7. The number of alkyl halides is 3. The molecule has 0 radical (unpaired) electrons. The zero-order valence-corrected chi connectivity index (χ0v) is 21.4. The van der Waals surface area contributed by atoms with Crippen molar-refractivity contribution >= 4 is 62.9 Å². The molecule has 0 unspecified atom stereocenters. The van der Waals surface area contributed by atoms with Crippen molar-refractivity contribution in [2.24, 2.45) is 0 Å². The number of hydrogen-bond donors (Lipinski definition) is 1. The second-order valence-corrected chi connectivity index (χ2v) is 9.22. The van der Waals surface area contributed by atoms with Crippen molar-refractivity contribution in [2.75, 3.05) is 5.32 Å². The van der Waals surface area contributed by atoms with Crippen LogP contribution in [0, 0.1) is 24.3 Å². The van der Waals surface area contributed by atoms with Crippen LogP contribution in [0.4, 0.5) is 23.2 Å². The molecule has 3 aromatic rings. The Morgan fingerprint density at radius 3 is 2.35 bits per heavy atom. The highest BCUT2D eigenvalue weighted by Gasteiger charge is 2.30.